The molecule has 2 rings (SSSR count). The van der Waals surface area contributed by atoms with Gasteiger partial charge in [0.1, 0.15) is 6.04 Å². The molecule has 2 fully saturated rings. The lowest BCUT2D eigenvalue weighted by molar-refractivity contribution is -0.149. The van der Waals surface area contributed by atoms with Gasteiger partial charge in [-0.2, -0.15) is 0 Å². The number of fused-ring (bicyclic) bond motifs is 1. The zero-order valence-corrected chi connectivity index (χ0v) is 9.36. The number of carboxylic acids is 1. The van der Waals surface area contributed by atoms with Crippen molar-refractivity contribution < 1.29 is 14.7 Å². The smallest absolute Gasteiger partial charge is 0.327 e. The number of hydrogen-bond donors (Lipinski definition) is 1. The average molecular weight is 233 g/mol. The first-order chi connectivity index (χ1) is 6.54. The van der Waals surface area contributed by atoms with Crippen LogP contribution in [0.5, 0.6) is 0 Å². The predicted octanol–water partition coefficient (Wildman–Crippen LogP) is 0.478. The molecule has 0 spiro atoms. The second-order valence-electron chi connectivity index (χ2n) is 3.60. The van der Waals surface area contributed by atoms with Crippen LogP contribution in [0.15, 0.2) is 0 Å². The van der Waals surface area contributed by atoms with E-state index in [4.69, 9.17) is 5.11 Å². The van der Waals surface area contributed by atoms with Crippen LogP contribution in [0.4, 0.5) is 0 Å². The minimum Gasteiger partial charge on any atom is -0.480 e. The van der Waals surface area contributed by atoms with Crippen molar-refractivity contribution in [2.45, 2.75) is 17.8 Å². The zero-order chi connectivity index (χ0) is 10.3. The summed E-state index contributed by atoms with van der Waals surface area (Å²) in [7, 11) is 0. The molecule has 4 nitrogen and oxygen atoms in total. The number of hydrogen-bond acceptors (Lipinski definition) is 4. The van der Waals surface area contributed by atoms with Gasteiger partial charge in [0, 0.05) is 11.5 Å². The molecule has 14 heavy (non-hydrogen) atoms. The molecule has 1 amide bonds. The van der Waals surface area contributed by atoms with Crippen LogP contribution < -0.4 is 0 Å². The molecule has 1 N–H and O–H groups in total. The molecule has 2 atom stereocenters. The first-order valence-electron chi connectivity index (χ1n) is 4.31. The third-order valence-electron chi connectivity index (χ3n) is 2.52. The third-order valence-corrected chi connectivity index (χ3v) is 5.37. The molecule has 2 saturated heterocycles. The second-order valence-corrected chi connectivity index (χ2v) is 6.08. The van der Waals surface area contributed by atoms with E-state index in [2.05, 4.69) is 0 Å². The number of carbonyl (C=O) groups excluding carboxylic acids is 1. The molecule has 0 aromatic carbocycles. The number of carboxylic acid groups (broad SMARTS) is 1. The highest BCUT2D eigenvalue weighted by molar-refractivity contribution is 8.04. The maximum Gasteiger partial charge on any atom is 0.327 e. The maximum atomic E-state index is 11.6. The molecular weight excluding hydrogens is 222 g/mol. The van der Waals surface area contributed by atoms with Gasteiger partial charge in [0.15, 0.2) is 0 Å². The summed E-state index contributed by atoms with van der Waals surface area (Å²) in [4.78, 5) is 23.8. The Morgan fingerprint density at radius 2 is 2.43 bits per heavy atom. The fourth-order valence-electron chi connectivity index (χ4n) is 1.86. The minimum absolute atomic E-state index is 0.0406. The summed E-state index contributed by atoms with van der Waals surface area (Å²) in [6.07, 6.45) is 0. The number of nitrogens with zero attached hydrogens (tertiary/aromatic N) is 1. The summed E-state index contributed by atoms with van der Waals surface area (Å²) >= 11 is 3.16. The Kier molecular flexibility index (Phi) is 2.43. The SMILES string of the molecule is C[C@]12CSCC(=O)N1[C@@H](C(=O)O)CS2. The van der Waals surface area contributed by atoms with Crippen molar-refractivity contribution >= 4 is 35.4 Å². The first kappa shape index (κ1) is 10.2. The summed E-state index contributed by atoms with van der Waals surface area (Å²) in [5.74, 6) is 0.827. The second kappa shape index (κ2) is 3.34. The van der Waals surface area contributed by atoms with E-state index in [1.54, 1.807) is 28.4 Å². The fraction of sp³-hybridized carbons (Fsp3) is 0.750. The first-order valence-corrected chi connectivity index (χ1v) is 6.45. The molecule has 0 aromatic rings. The normalized spacial score (nSPS) is 37.1. The van der Waals surface area contributed by atoms with Crippen LogP contribution in [0, 0.1) is 0 Å². The number of aliphatic carboxylic acids is 1. The molecule has 2 heterocycles. The number of amides is 1. The van der Waals surface area contributed by atoms with E-state index in [-0.39, 0.29) is 10.8 Å². The van der Waals surface area contributed by atoms with Gasteiger partial charge < -0.3 is 10.0 Å². The zero-order valence-electron chi connectivity index (χ0n) is 7.73. The molecule has 0 saturated carbocycles. The Hall–Kier alpha value is -0.360. The summed E-state index contributed by atoms with van der Waals surface area (Å²) in [5.41, 5.74) is 0. The van der Waals surface area contributed by atoms with Gasteiger partial charge in [-0.25, -0.2) is 4.79 Å². The van der Waals surface area contributed by atoms with E-state index in [1.807, 2.05) is 6.92 Å². The highest BCUT2D eigenvalue weighted by atomic mass is 32.2. The largest absolute Gasteiger partial charge is 0.480 e. The van der Waals surface area contributed by atoms with Crippen molar-refractivity contribution in [3.8, 4) is 0 Å². The molecule has 0 radical (unpaired) electrons. The van der Waals surface area contributed by atoms with Gasteiger partial charge in [-0.05, 0) is 6.92 Å². The van der Waals surface area contributed by atoms with Gasteiger partial charge >= 0.3 is 5.97 Å². The Balaban J connectivity index is 2.29. The lowest BCUT2D eigenvalue weighted by Crippen LogP contribution is -2.55. The van der Waals surface area contributed by atoms with Crippen LogP contribution >= 0.6 is 23.5 Å². The van der Waals surface area contributed by atoms with Crippen molar-refractivity contribution in [1.82, 2.24) is 4.90 Å². The van der Waals surface area contributed by atoms with Gasteiger partial charge in [-0.1, -0.05) is 0 Å². The van der Waals surface area contributed by atoms with E-state index in [1.165, 1.54) is 0 Å². The van der Waals surface area contributed by atoms with Crippen LogP contribution in [0.1, 0.15) is 6.92 Å². The average Bonchev–Trinajstić information content (AvgIpc) is 2.43. The summed E-state index contributed by atoms with van der Waals surface area (Å²) in [6.45, 7) is 1.95. The van der Waals surface area contributed by atoms with Gasteiger partial charge in [0.05, 0.1) is 10.6 Å². The Morgan fingerprint density at radius 3 is 3.07 bits per heavy atom. The topological polar surface area (TPSA) is 57.6 Å². The van der Waals surface area contributed by atoms with Crippen molar-refractivity contribution in [1.29, 1.82) is 0 Å². The van der Waals surface area contributed by atoms with Crippen LogP contribution in [-0.4, -0.2) is 50.1 Å². The van der Waals surface area contributed by atoms with Crippen LogP contribution in [0.25, 0.3) is 0 Å². The lowest BCUT2D eigenvalue weighted by Gasteiger charge is -2.39. The molecule has 2 aliphatic heterocycles. The highest BCUT2D eigenvalue weighted by Gasteiger charge is 2.51. The maximum absolute atomic E-state index is 11.6. The van der Waals surface area contributed by atoms with Crippen molar-refractivity contribution in [2.24, 2.45) is 0 Å². The van der Waals surface area contributed by atoms with Crippen molar-refractivity contribution in [3.05, 3.63) is 0 Å². The van der Waals surface area contributed by atoms with Crippen molar-refractivity contribution in [2.75, 3.05) is 17.3 Å². The van der Waals surface area contributed by atoms with Gasteiger partial charge in [-0.3, -0.25) is 4.79 Å². The molecule has 0 bridgehead atoms. The summed E-state index contributed by atoms with van der Waals surface area (Å²) in [6, 6.07) is -0.626. The van der Waals surface area contributed by atoms with E-state index >= 15 is 0 Å². The predicted molar refractivity (Wildman–Crippen MR) is 56.5 cm³/mol. The van der Waals surface area contributed by atoms with Crippen LogP contribution in [-0.2, 0) is 9.59 Å². The number of rotatable bonds is 1. The van der Waals surface area contributed by atoms with Crippen LogP contribution in [0.3, 0.4) is 0 Å². The van der Waals surface area contributed by atoms with Crippen LogP contribution in [0.2, 0.25) is 0 Å². The number of carbonyl (C=O) groups is 2. The fourth-order valence-corrected chi connectivity index (χ4v) is 4.55. The monoisotopic (exact) mass is 233 g/mol. The van der Waals surface area contributed by atoms with E-state index in [0.717, 1.165) is 5.75 Å². The molecule has 2 aliphatic rings. The summed E-state index contributed by atoms with van der Waals surface area (Å²) < 4.78 is 0. The molecular formula is C8H11NO3S2. The Bertz CT molecular complexity index is 296. The molecule has 6 heteroatoms. The lowest BCUT2D eigenvalue weighted by atomic mass is 10.2. The quantitative estimate of drug-likeness (QED) is 0.714. The standard InChI is InChI=1S/C8H11NO3S2/c1-8-4-13-3-6(10)9(8)5(2-14-8)7(11)12/h5H,2-4H2,1H3,(H,11,12)/t5-,8+/m1/s1. The van der Waals surface area contributed by atoms with E-state index < -0.39 is 12.0 Å². The summed E-state index contributed by atoms with van der Waals surface area (Å²) in [5, 5.41) is 8.97. The molecule has 78 valence electrons. The molecule has 0 aliphatic carbocycles. The Morgan fingerprint density at radius 1 is 1.71 bits per heavy atom. The molecule has 0 unspecified atom stereocenters. The minimum atomic E-state index is -0.888. The van der Waals surface area contributed by atoms with Gasteiger partial charge in [0.25, 0.3) is 0 Å². The Labute approximate surface area is 90.4 Å². The number of thioether (sulfide) groups is 2. The van der Waals surface area contributed by atoms with E-state index in [0.29, 0.717) is 11.5 Å². The third kappa shape index (κ3) is 1.40. The highest BCUT2D eigenvalue weighted by Crippen LogP contribution is 2.44. The van der Waals surface area contributed by atoms with Gasteiger partial charge in [0.2, 0.25) is 5.91 Å². The molecule has 0 aromatic heterocycles. The van der Waals surface area contributed by atoms with Gasteiger partial charge in [-0.15, -0.1) is 23.5 Å². The van der Waals surface area contributed by atoms with E-state index in [9.17, 15) is 9.59 Å². The van der Waals surface area contributed by atoms with Crippen molar-refractivity contribution in [3.63, 3.8) is 0 Å².